The molecule has 0 saturated carbocycles. The van der Waals surface area contributed by atoms with Gasteiger partial charge in [0, 0.05) is 6.54 Å². The first-order chi connectivity index (χ1) is 18.5. The predicted molar refractivity (Wildman–Crippen MR) is 147 cm³/mol. The summed E-state index contributed by atoms with van der Waals surface area (Å²) in [7, 11) is 0. The predicted octanol–water partition coefficient (Wildman–Crippen LogP) is 3.99. The Labute approximate surface area is 228 Å². The molecule has 0 heterocycles. The van der Waals surface area contributed by atoms with Crippen LogP contribution in [0.2, 0.25) is 0 Å². The van der Waals surface area contributed by atoms with Crippen molar-refractivity contribution in [2.45, 2.75) is 65.0 Å². The zero-order valence-corrected chi connectivity index (χ0v) is 22.7. The second-order valence-electron chi connectivity index (χ2n) is 10.1. The third kappa shape index (κ3) is 9.45. The Balaban J connectivity index is 1.60. The fourth-order valence-corrected chi connectivity index (χ4v) is 3.78. The van der Waals surface area contributed by atoms with Crippen molar-refractivity contribution >= 4 is 34.6 Å². The van der Waals surface area contributed by atoms with Crippen LogP contribution in [0, 0.1) is 0 Å². The summed E-state index contributed by atoms with van der Waals surface area (Å²) in [5, 5.41) is 9.90. The largest absolute Gasteiger partial charge is 0.461 e. The van der Waals surface area contributed by atoms with E-state index in [2.05, 4.69) is 16.0 Å². The van der Waals surface area contributed by atoms with Gasteiger partial charge in [0.2, 0.25) is 11.8 Å². The molecule has 9 heteroatoms. The molecule has 0 aromatic heterocycles. The molecule has 0 aliphatic heterocycles. The number of fused-ring (bicyclic) bond motifs is 1. The number of ether oxygens (including phenoxy) is 2. The second kappa shape index (κ2) is 13.4. The van der Waals surface area contributed by atoms with Gasteiger partial charge in [0.25, 0.3) is 0 Å². The van der Waals surface area contributed by atoms with Gasteiger partial charge in [-0.15, -0.1) is 0 Å². The molecule has 0 fully saturated rings. The SMILES string of the molecule is C[C@H](NC(=O)[C@H](CC(=O)OCc1ccccc1)NC(=O)OC(C)(C)C)C(=O)NCc1cccc2ccccc12. The molecule has 3 aromatic rings. The van der Waals surface area contributed by atoms with Gasteiger partial charge in [-0.3, -0.25) is 14.4 Å². The number of benzene rings is 3. The van der Waals surface area contributed by atoms with Crippen molar-refractivity contribution in [1.29, 1.82) is 0 Å². The molecule has 3 amide bonds. The molecular formula is C30H35N3O6. The molecule has 0 bridgehead atoms. The monoisotopic (exact) mass is 533 g/mol. The molecule has 3 rings (SSSR count). The minimum atomic E-state index is -1.31. The number of nitrogens with one attached hydrogen (secondary N) is 3. The third-order valence-electron chi connectivity index (χ3n) is 5.71. The summed E-state index contributed by atoms with van der Waals surface area (Å²) in [6.07, 6.45) is -1.31. The van der Waals surface area contributed by atoms with Crippen LogP contribution in [0.25, 0.3) is 10.8 Å². The molecule has 0 aliphatic carbocycles. The lowest BCUT2D eigenvalue weighted by molar-refractivity contribution is -0.147. The van der Waals surface area contributed by atoms with E-state index in [0.29, 0.717) is 0 Å². The van der Waals surface area contributed by atoms with Crippen LogP contribution in [-0.2, 0) is 37.0 Å². The third-order valence-corrected chi connectivity index (χ3v) is 5.71. The maximum absolute atomic E-state index is 13.0. The minimum absolute atomic E-state index is 0.0213. The Kier molecular flexibility index (Phi) is 10.0. The van der Waals surface area contributed by atoms with E-state index in [1.54, 1.807) is 32.9 Å². The number of alkyl carbamates (subject to hydrolysis) is 1. The number of carbonyl (C=O) groups is 4. The molecule has 0 radical (unpaired) electrons. The van der Waals surface area contributed by atoms with E-state index in [0.717, 1.165) is 21.9 Å². The Morgan fingerprint density at radius 3 is 2.21 bits per heavy atom. The van der Waals surface area contributed by atoms with Crippen LogP contribution in [0.5, 0.6) is 0 Å². The van der Waals surface area contributed by atoms with Gasteiger partial charge in [0.05, 0.1) is 6.42 Å². The molecule has 0 spiro atoms. The van der Waals surface area contributed by atoms with E-state index >= 15 is 0 Å². The molecule has 0 aliphatic rings. The van der Waals surface area contributed by atoms with Gasteiger partial charge in [0.15, 0.2) is 0 Å². The van der Waals surface area contributed by atoms with Gasteiger partial charge in [-0.2, -0.15) is 0 Å². The van der Waals surface area contributed by atoms with E-state index < -0.39 is 48.0 Å². The van der Waals surface area contributed by atoms with Crippen LogP contribution in [0.15, 0.2) is 72.8 Å². The van der Waals surface area contributed by atoms with E-state index in [4.69, 9.17) is 9.47 Å². The summed E-state index contributed by atoms with van der Waals surface area (Å²) in [6.45, 7) is 6.85. The molecule has 39 heavy (non-hydrogen) atoms. The summed E-state index contributed by atoms with van der Waals surface area (Å²) >= 11 is 0. The number of esters is 1. The van der Waals surface area contributed by atoms with Crippen LogP contribution < -0.4 is 16.0 Å². The van der Waals surface area contributed by atoms with Gasteiger partial charge in [-0.25, -0.2) is 4.79 Å². The van der Waals surface area contributed by atoms with Crippen molar-refractivity contribution in [2.75, 3.05) is 0 Å². The van der Waals surface area contributed by atoms with Crippen LogP contribution in [0.3, 0.4) is 0 Å². The topological polar surface area (TPSA) is 123 Å². The van der Waals surface area contributed by atoms with Gasteiger partial charge in [-0.1, -0.05) is 72.8 Å². The van der Waals surface area contributed by atoms with Crippen LogP contribution >= 0.6 is 0 Å². The molecule has 3 N–H and O–H groups in total. The van der Waals surface area contributed by atoms with E-state index in [1.165, 1.54) is 6.92 Å². The smallest absolute Gasteiger partial charge is 0.408 e. The van der Waals surface area contributed by atoms with Crippen molar-refractivity contribution in [3.8, 4) is 0 Å². The first-order valence-corrected chi connectivity index (χ1v) is 12.8. The standard InChI is InChI=1S/C30H35N3O6/c1-20(27(35)31-18-23-15-10-14-22-13-8-9-16-24(22)23)32-28(36)25(33-29(37)39-30(2,3)4)17-26(34)38-19-21-11-6-5-7-12-21/h5-16,20,25H,17-19H2,1-4H3,(H,31,35)(H,32,36)(H,33,37)/t20-,25-/m0/s1. The lowest BCUT2D eigenvalue weighted by atomic mass is 10.0. The second-order valence-corrected chi connectivity index (χ2v) is 10.1. The van der Waals surface area contributed by atoms with E-state index in [9.17, 15) is 19.2 Å². The lowest BCUT2D eigenvalue weighted by Gasteiger charge is -2.24. The fraction of sp³-hybridized carbons (Fsp3) is 0.333. The molecule has 9 nitrogen and oxygen atoms in total. The summed E-state index contributed by atoms with van der Waals surface area (Å²) in [6, 6.07) is 20.5. The van der Waals surface area contributed by atoms with Crippen molar-refractivity contribution in [3.63, 3.8) is 0 Å². The first-order valence-electron chi connectivity index (χ1n) is 12.8. The van der Waals surface area contributed by atoms with Crippen molar-refractivity contribution in [1.82, 2.24) is 16.0 Å². The van der Waals surface area contributed by atoms with Gasteiger partial charge >= 0.3 is 12.1 Å². The number of amides is 3. The van der Waals surface area contributed by atoms with Crippen LogP contribution in [-0.4, -0.2) is 41.6 Å². The summed E-state index contributed by atoms with van der Waals surface area (Å²) in [4.78, 5) is 50.7. The molecule has 2 atom stereocenters. The number of carbonyl (C=O) groups excluding carboxylic acids is 4. The fourth-order valence-electron chi connectivity index (χ4n) is 3.78. The number of rotatable bonds is 10. The Morgan fingerprint density at radius 1 is 0.821 bits per heavy atom. The van der Waals surface area contributed by atoms with Crippen molar-refractivity contribution < 1.29 is 28.7 Å². The zero-order chi connectivity index (χ0) is 28.4. The summed E-state index contributed by atoms with van der Waals surface area (Å²) in [5.74, 6) is -1.83. The normalized spacial score (nSPS) is 12.6. The average Bonchev–Trinajstić information content (AvgIpc) is 2.89. The van der Waals surface area contributed by atoms with Crippen molar-refractivity contribution in [3.05, 3.63) is 83.9 Å². The number of hydrogen-bond donors (Lipinski definition) is 3. The highest BCUT2D eigenvalue weighted by molar-refractivity contribution is 5.93. The average molecular weight is 534 g/mol. The molecule has 0 unspecified atom stereocenters. The van der Waals surface area contributed by atoms with E-state index in [1.807, 2.05) is 60.7 Å². The van der Waals surface area contributed by atoms with Crippen LogP contribution in [0.1, 0.15) is 45.2 Å². The maximum Gasteiger partial charge on any atom is 0.408 e. The Hall–Kier alpha value is -4.40. The minimum Gasteiger partial charge on any atom is -0.461 e. The highest BCUT2D eigenvalue weighted by Crippen LogP contribution is 2.18. The maximum atomic E-state index is 13.0. The van der Waals surface area contributed by atoms with Crippen molar-refractivity contribution in [2.24, 2.45) is 0 Å². The molecule has 3 aromatic carbocycles. The highest BCUT2D eigenvalue weighted by Gasteiger charge is 2.29. The Bertz CT molecular complexity index is 1300. The first kappa shape index (κ1) is 29.2. The van der Waals surface area contributed by atoms with Gasteiger partial charge < -0.3 is 25.4 Å². The van der Waals surface area contributed by atoms with Gasteiger partial charge in [-0.05, 0) is 49.6 Å². The van der Waals surface area contributed by atoms with Crippen LogP contribution in [0.4, 0.5) is 4.79 Å². The summed E-state index contributed by atoms with van der Waals surface area (Å²) < 4.78 is 10.5. The lowest BCUT2D eigenvalue weighted by Crippen LogP contribution is -2.53. The molecule has 0 saturated heterocycles. The molecule has 206 valence electrons. The Morgan fingerprint density at radius 2 is 1.49 bits per heavy atom. The van der Waals surface area contributed by atoms with Gasteiger partial charge in [0.1, 0.15) is 24.3 Å². The zero-order valence-electron chi connectivity index (χ0n) is 22.7. The molecular weight excluding hydrogens is 498 g/mol. The van der Waals surface area contributed by atoms with E-state index in [-0.39, 0.29) is 13.2 Å². The summed E-state index contributed by atoms with van der Waals surface area (Å²) in [5.41, 5.74) is 0.905. The highest BCUT2D eigenvalue weighted by atomic mass is 16.6. The quantitative estimate of drug-likeness (QED) is 0.339. The number of hydrogen-bond acceptors (Lipinski definition) is 6.